The molecule has 0 saturated carbocycles. The van der Waals surface area contributed by atoms with Gasteiger partial charge < -0.3 is 24.8 Å². The second-order valence-corrected chi connectivity index (χ2v) is 5.78. The minimum absolute atomic E-state index is 0.294. The minimum Gasteiger partial charge on any atom is -0.493 e. The van der Waals surface area contributed by atoms with E-state index in [4.69, 9.17) is 14.2 Å². The normalized spacial score (nSPS) is 9.96. The van der Waals surface area contributed by atoms with Crippen LogP contribution in [0.2, 0.25) is 0 Å². The van der Waals surface area contributed by atoms with Gasteiger partial charge in [0.2, 0.25) is 0 Å². The molecule has 0 heterocycles. The van der Waals surface area contributed by atoms with Crippen molar-refractivity contribution in [3.8, 4) is 11.5 Å². The Balaban J connectivity index is 1.79. The summed E-state index contributed by atoms with van der Waals surface area (Å²) < 4.78 is 15.1. The topological polar surface area (TPSA) is 103 Å². The molecule has 0 fully saturated rings. The Bertz CT molecular complexity index is 866. The highest BCUT2D eigenvalue weighted by Gasteiger charge is 2.13. The number of hydrogen-bond acceptors (Lipinski definition) is 6. The predicted molar refractivity (Wildman–Crippen MR) is 103 cm³/mol. The van der Waals surface area contributed by atoms with E-state index in [2.05, 4.69) is 10.6 Å². The van der Waals surface area contributed by atoms with E-state index in [1.54, 1.807) is 18.2 Å². The molecule has 0 aromatic heterocycles. The lowest BCUT2D eigenvalue weighted by Gasteiger charge is -2.10. The second-order valence-electron chi connectivity index (χ2n) is 5.78. The van der Waals surface area contributed by atoms with Gasteiger partial charge in [0.05, 0.1) is 14.2 Å². The Labute approximate surface area is 162 Å². The number of aryl methyl sites for hydroxylation is 1. The largest absolute Gasteiger partial charge is 0.493 e. The zero-order valence-electron chi connectivity index (χ0n) is 15.9. The summed E-state index contributed by atoms with van der Waals surface area (Å²) >= 11 is 0. The lowest BCUT2D eigenvalue weighted by atomic mass is 10.2. The fraction of sp³-hybridized carbons (Fsp3) is 0.250. The Morgan fingerprint density at radius 2 is 1.68 bits per heavy atom. The molecular weight excluding hydrogens is 364 g/mol. The van der Waals surface area contributed by atoms with Crippen molar-refractivity contribution < 1.29 is 28.6 Å². The molecule has 0 bridgehead atoms. The van der Waals surface area contributed by atoms with Gasteiger partial charge in [0.15, 0.2) is 18.1 Å². The first kappa shape index (κ1) is 20.8. The summed E-state index contributed by atoms with van der Waals surface area (Å²) in [6, 6.07) is 11.9. The Morgan fingerprint density at radius 1 is 0.964 bits per heavy atom. The van der Waals surface area contributed by atoms with Crippen LogP contribution < -0.4 is 20.1 Å². The first-order valence-corrected chi connectivity index (χ1v) is 8.46. The van der Waals surface area contributed by atoms with Crippen molar-refractivity contribution in [3.05, 3.63) is 53.6 Å². The summed E-state index contributed by atoms with van der Waals surface area (Å²) in [6.45, 7) is 1.04. The SMILES string of the molecule is COc1ccc(C(=O)NCC(=O)OCC(=O)Nc2ccccc2C)cc1OC. The number of methoxy groups -OCH3 is 2. The molecule has 0 unspecified atom stereocenters. The van der Waals surface area contributed by atoms with E-state index in [0.29, 0.717) is 22.7 Å². The van der Waals surface area contributed by atoms with Gasteiger partial charge in [-0.2, -0.15) is 0 Å². The Hall–Kier alpha value is -3.55. The molecule has 28 heavy (non-hydrogen) atoms. The molecule has 2 aromatic carbocycles. The minimum atomic E-state index is -0.728. The van der Waals surface area contributed by atoms with Crippen molar-refractivity contribution in [1.29, 1.82) is 0 Å². The number of benzene rings is 2. The second kappa shape index (κ2) is 9.96. The smallest absolute Gasteiger partial charge is 0.325 e. The highest BCUT2D eigenvalue weighted by atomic mass is 16.5. The number of para-hydroxylation sites is 1. The third-order valence-corrected chi connectivity index (χ3v) is 3.82. The van der Waals surface area contributed by atoms with Crippen LogP contribution in [0.15, 0.2) is 42.5 Å². The van der Waals surface area contributed by atoms with Crippen molar-refractivity contribution in [2.45, 2.75) is 6.92 Å². The average Bonchev–Trinajstić information content (AvgIpc) is 2.71. The van der Waals surface area contributed by atoms with Gasteiger partial charge >= 0.3 is 5.97 Å². The van der Waals surface area contributed by atoms with E-state index in [-0.39, 0.29) is 6.54 Å². The van der Waals surface area contributed by atoms with Crippen LogP contribution >= 0.6 is 0 Å². The first-order chi connectivity index (χ1) is 13.4. The van der Waals surface area contributed by atoms with Crippen LogP contribution in [0.3, 0.4) is 0 Å². The number of anilines is 1. The summed E-state index contributed by atoms with van der Waals surface area (Å²) in [5, 5.41) is 5.08. The molecular formula is C20H22N2O6. The molecule has 8 heteroatoms. The number of esters is 1. The molecule has 2 rings (SSSR count). The molecule has 0 saturated heterocycles. The summed E-state index contributed by atoms with van der Waals surface area (Å²) in [6.07, 6.45) is 0. The molecule has 0 spiro atoms. The van der Waals surface area contributed by atoms with Crippen molar-refractivity contribution in [2.75, 3.05) is 32.7 Å². The van der Waals surface area contributed by atoms with Crippen LogP contribution in [0, 0.1) is 6.92 Å². The summed E-state index contributed by atoms with van der Waals surface area (Å²) in [7, 11) is 2.95. The highest BCUT2D eigenvalue weighted by molar-refractivity contribution is 5.97. The number of ether oxygens (including phenoxy) is 3. The Kier molecular flexibility index (Phi) is 7.38. The summed E-state index contributed by atoms with van der Waals surface area (Å²) in [5.74, 6) is -0.798. The van der Waals surface area contributed by atoms with Crippen LogP contribution in [0.4, 0.5) is 5.69 Å². The fourth-order valence-electron chi connectivity index (χ4n) is 2.33. The van der Waals surface area contributed by atoms with Crippen LogP contribution in [0.1, 0.15) is 15.9 Å². The number of nitrogens with one attached hydrogen (secondary N) is 2. The zero-order chi connectivity index (χ0) is 20.5. The van der Waals surface area contributed by atoms with Crippen LogP contribution in [0.5, 0.6) is 11.5 Å². The summed E-state index contributed by atoms with van der Waals surface area (Å²) in [4.78, 5) is 35.8. The van der Waals surface area contributed by atoms with Crippen LogP contribution in [-0.2, 0) is 14.3 Å². The van der Waals surface area contributed by atoms with Crippen molar-refractivity contribution in [1.82, 2.24) is 5.32 Å². The van der Waals surface area contributed by atoms with Gasteiger partial charge in [-0.3, -0.25) is 14.4 Å². The number of carbonyl (C=O) groups excluding carboxylic acids is 3. The predicted octanol–water partition coefficient (Wildman–Crippen LogP) is 1.92. The molecule has 2 N–H and O–H groups in total. The monoisotopic (exact) mass is 386 g/mol. The quantitative estimate of drug-likeness (QED) is 0.672. The van der Waals surface area contributed by atoms with E-state index in [1.165, 1.54) is 26.4 Å². The molecule has 2 aromatic rings. The maximum atomic E-state index is 12.1. The maximum absolute atomic E-state index is 12.1. The van der Waals surface area contributed by atoms with Gasteiger partial charge in [0.25, 0.3) is 11.8 Å². The summed E-state index contributed by atoms with van der Waals surface area (Å²) in [5.41, 5.74) is 1.83. The highest BCUT2D eigenvalue weighted by Crippen LogP contribution is 2.27. The Morgan fingerprint density at radius 3 is 2.36 bits per heavy atom. The maximum Gasteiger partial charge on any atom is 0.325 e. The molecule has 2 amide bonds. The standard InChI is InChI=1S/C20H22N2O6/c1-13-6-4-5-7-15(13)22-18(23)12-28-19(24)11-21-20(25)14-8-9-16(26-2)17(10-14)27-3/h4-10H,11-12H2,1-3H3,(H,21,25)(H,22,23). The van der Waals surface area contributed by atoms with Gasteiger partial charge in [-0.25, -0.2) is 0 Å². The van der Waals surface area contributed by atoms with Gasteiger partial charge in [-0.15, -0.1) is 0 Å². The molecule has 0 atom stereocenters. The van der Waals surface area contributed by atoms with E-state index in [0.717, 1.165) is 5.56 Å². The number of rotatable bonds is 8. The first-order valence-electron chi connectivity index (χ1n) is 8.46. The average molecular weight is 386 g/mol. The van der Waals surface area contributed by atoms with Crippen LogP contribution in [-0.4, -0.2) is 45.2 Å². The van der Waals surface area contributed by atoms with Crippen molar-refractivity contribution in [3.63, 3.8) is 0 Å². The van der Waals surface area contributed by atoms with Gasteiger partial charge in [-0.05, 0) is 36.8 Å². The molecule has 8 nitrogen and oxygen atoms in total. The zero-order valence-corrected chi connectivity index (χ0v) is 15.9. The van der Waals surface area contributed by atoms with E-state index in [1.807, 2.05) is 19.1 Å². The van der Waals surface area contributed by atoms with Crippen molar-refractivity contribution in [2.24, 2.45) is 0 Å². The molecule has 0 aliphatic heterocycles. The van der Waals surface area contributed by atoms with Gasteiger partial charge in [0.1, 0.15) is 6.54 Å². The van der Waals surface area contributed by atoms with E-state index >= 15 is 0 Å². The molecule has 148 valence electrons. The van der Waals surface area contributed by atoms with Crippen molar-refractivity contribution >= 4 is 23.5 Å². The number of hydrogen-bond donors (Lipinski definition) is 2. The third kappa shape index (κ3) is 5.73. The number of carbonyl (C=O) groups is 3. The van der Waals surface area contributed by atoms with E-state index in [9.17, 15) is 14.4 Å². The lowest BCUT2D eigenvalue weighted by molar-refractivity contribution is -0.146. The third-order valence-electron chi connectivity index (χ3n) is 3.82. The van der Waals surface area contributed by atoms with Gasteiger partial charge in [0, 0.05) is 11.3 Å². The van der Waals surface area contributed by atoms with E-state index < -0.39 is 24.4 Å². The fourth-order valence-corrected chi connectivity index (χ4v) is 2.33. The molecule has 0 aliphatic rings. The molecule has 0 radical (unpaired) electrons. The van der Waals surface area contributed by atoms with Gasteiger partial charge in [-0.1, -0.05) is 18.2 Å². The number of amides is 2. The lowest BCUT2D eigenvalue weighted by Crippen LogP contribution is -2.32. The van der Waals surface area contributed by atoms with Crippen LogP contribution in [0.25, 0.3) is 0 Å². The molecule has 0 aliphatic carbocycles.